The molecular weight excluding hydrogens is 485 g/mol. The van der Waals surface area contributed by atoms with E-state index < -0.39 is 0 Å². The molecule has 6 heteroatoms. The quantitative estimate of drug-likeness (QED) is 0.203. The van der Waals surface area contributed by atoms with Gasteiger partial charge < -0.3 is 10.3 Å². The Morgan fingerprint density at radius 3 is 2.59 bits per heavy atom. The van der Waals surface area contributed by atoms with Crippen LogP contribution in [0.2, 0.25) is 0 Å². The van der Waals surface area contributed by atoms with Crippen molar-refractivity contribution < 1.29 is 4.39 Å². The summed E-state index contributed by atoms with van der Waals surface area (Å²) in [4.78, 5) is 8.04. The van der Waals surface area contributed by atoms with Crippen LogP contribution in [0.5, 0.6) is 0 Å². The highest BCUT2D eigenvalue weighted by atomic mass is 19.1. The molecule has 0 aliphatic heterocycles. The summed E-state index contributed by atoms with van der Waals surface area (Å²) in [5.74, 6) is 0.586. The van der Waals surface area contributed by atoms with Crippen molar-refractivity contribution in [3.63, 3.8) is 0 Å². The summed E-state index contributed by atoms with van der Waals surface area (Å²) >= 11 is 0. The summed E-state index contributed by atoms with van der Waals surface area (Å²) in [6.07, 6.45) is 9.30. The van der Waals surface area contributed by atoms with Gasteiger partial charge in [-0.05, 0) is 78.4 Å². The molecule has 0 atom stereocenters. The van der Waals surface area contributed by atoms with Crippen molar-refractivity contribution in [3.8, 4) is 33.6 Å². The van der Waals surface area contributed by atoms with Gasteiger partial charge in [-0.3, -0.25) is 10.1 Å². The molecule has 3 heterocycles. The summed E-state index contributed by atoms with van der Waals surface area (Å²) in [6.45, 7) is 1.91. The van der Waals surface area contributed by atoms with Crippen molar-refractivity contribution in [2.75, 3.05) is 6.54 Å². The van der Waals surface area contributed by atoms with Crippen molar-refractivity contribution >= 4 is 21.8 Å². The minimum atomic E-state index is -0.229. The summed E-state index contributed by atoms with van der Waals surface area (Å²) in [5, 5.41) is 13.4. The first-order chi connectivity index (χ1) is 19.2. The van der Waals surface area contributed by atoms with Crippen LogP contribution in [-0.2, 0) is 6.54 Å². The number of nitrogens with one attached hydrogen (secondary N) is 3. The zero-order valence-electron chi connectivity index (χ0n) is 21.7. The maximum atomic E-state index is 14.6. The van der Waals surface area contributed by atoms with E-state index in [1.807, 2.05) is 42.7 Å². The smallest absolute Gasteiger partial charge is 0.131 e. The van der Waals surface area contributed by atoms with Gasteiger partial charge in [-0.15, -0.1) is 0 Å². The Morgan fingerprint density at radius 2 is 1.69 bits per heavy atom. The average molecular weight is 516 g/mol. The number of pyridine rings is 1. The van der Waals surface area contributed by atoms with Gasteiger partial charge in [0.05, 0.1) is 11.2 Å². The minimum absolute atomic E-state index is 0.229. The van der Waals surface area contributed by atoms with Crippen LogP contribution >= 0.6 is 0 Å². The Balaban J connectivity index is 1.21. The Kier molecular flexibility index (Phi) is 6.17. The normalized spacial score (nSPS) is 14.1. The standard InChI is InChI=1S/C33H30FN5/c34-29-10-4-3-8-26(29)25-9-5-11-30-27(25)16-32(37-30)33-28-15-23(12-13-31(28)38-39-33)24-14-22(19-36-20-24)18-35-17-21-6-1-2-7-21/h3-5,8-16,19-21,35,37H,1-2,6-7,17-18H2,(H,38,39). The number of nitrogens with zero attached hydrogens (tertiary/aromatic N) is 2. The first-order valence-electron chi connectivity index (χ1n) is 13.7. The first kappa shape index (κ1) is 23.8. The maximum Gasteiger partial charge on any atom is 0.131 e. The van der Waals surface area contributed by atoms with Gasteiger partial charge in [0, 0.05) is 46.4 Å². The highest BCUT2D eigenvalue weighted by molar-refractivity contribution is 6.01. The van der Waals surface area contributed by atoms with Gasteiger partial charge in [0.15, 0.2) is 0 Å². The molecule has 0 bridgehead atoms. The van der Waals surface area contributed by atoms with Crippen molar-refractivity contribution in [2.24, 2.45) is 5.92 Å². The fourth-order valence-corrected chi connectivity index (χ4v) is 5.97. The zero-order chi connectivity index (χ0) is 26.2. The predicted octanol–water partition coefficient (Wildman–Crippen LogP) is 7.86. The molecule has 3 aromatic carbocycles. The van der Waals surface area contributed by atoms with E-state index in [2.05, 4.69) is 55.8 Å². The predicted molar refractivity (Wildman–Crippen MR) is 156 cm³/mol. The number of aromatic amines is 2. The van der Waals surface area contributed by atoms with Crippen molar-refractivity contribution in [1.29, 1.82) is 0 Å². The van der Waals surface area contributed by atoms with Crippen LogP contribution in [0.1, 0.15) is 31.2 Å². The van der Waals surface area contributed by atoms with E-state index in [0.29, 0.717) is 5.56 Å². The Morgan fingerprint density at radius 1 is 0.821 bits per heavy atom. The molecule has 1 saturated carbocycles. The lowest BCUT2D eigenvalue weighted by Crippen LogP contribution is -2.20. The fourth-order valence-electron chi connectivity index (χ4n) is 5.97. The van der Waals surface area contributed by atoms with Crippen molar-refractivity contribution in [1.82, 2.24) is 25.5 Å². The van der Waals surface area contributed by atoms with E-state index in [1.54, 1.807) is 6.07 Å². The van der Waals surface area contributed by atoms with E-state index in [-0.39, 0.29) is 5.82 Å². The van der Waals surface area contributed by atoms with E-state index in [9.17, 15) is 4.39 Å². The van der Waals surface area contributed by atoms with Gasteiger partial charge in [-0.25, -0.2) is 4.39 Å². The third-order valence-electron chi connectivity index (χ3n) is 8.01. The number of H-pyrrole nitrogens is 2. The molecule has 0 spiro atoms. The van der Waals surface area contributed by atoms with Gasteiger partial charge in [0.25, 0.3) is 0 Å². The van der Waals surface area contributed by atoms with Crippen molar-refractivity contribution in [2.45, 2.75) is 32.2 Å². The third-order valence-corrected chi connectivity index (χ3v) is 8.01. The molecule has 194 valence electrons. The second-order valence-electron chi connectivity index (χ2n) is 10.6. The summed E-state index contributed by atoms with van der Waals surface area (Å²) in [5.41, 5.74) is 8.45. The largest absolute Gasteiger partial charge is 0.353 e. The van der Waals surface area contributed by atoms with Gasteiger partial charge in [-0.2, -0.15) is 5.10 Å². The number of benzene rings is 3. The molecule has 5 nitrogen and oxygen atoms in total. The molecule has 6 aromatic rings. The van der Waals surface area contributed by atoms with E-state index in [0.717, 1.165) is 68.9 Å². The molecule has 7 rings (SSSR count). The molecule has 0 amide bonds. The fraction of sp³-hybridized carbons (Fsp3) is 0.212. The second-order valence-corrected chi connectivity index (χ2v) is 10.6. The molecule has 1 fully saturated rings. The van der Waals surface area contributed by atoms with E-state index in [4.69, 9.17) is 0 Å². The second kappa shape index (κ2) is 10.1. The maximum absolute atomic E-state index is 14.6. The van der Waals surface area contributed by atoms with Crippen LogP contribution in [0.3, 0.4) is 0 Å². The number of hydrogen-bond donors (Lipinski definition) is 3. The molecule has 0 radical (unpaired) electrons. The number of fused-ring (bicyclic) bond motifs is 2. The topological polar surface area (TPSA) is 69.4 Å². The summed E-state index contributed by atoms with van der Waals surface area (Å²) < 4.78 is 14.6. The molecule has 3 aromatic heterocycles. The molecular formula is C33H30FN5. The molecule has 1 aliphatic rings. The Hall–Kier alpha value is -4.29. The average Bonchev–Trinajstić information content (AvgIpc) is 3.73. The van der Waals surface area contributed by atoms with Crippen LogP contribution in [0.25, 0.3) is 55.4 Å². The molecule has 1 aliphatic carbocycles. The zero-order valence-corrected chi connectivity index (χ0v) is 21.7. The van der Waals surface area contributed by atoms with Gasteiger partial charge >= 0.3 is 0 Å². The van der Waals surface area contributed by atoms with Crippen LogP contribution in [0.4, 0.5) is 4.39 Å². The van der Waals surface area contributed by atoms with Crippen molar-refractivity contribution in [3.05, 3.63) is 96.6 Å². The highest BCUT2D eigenvalue weighted by Gasteiger charge is 2.16. The van der Waals surface area contributed by atoms with Gasteiger partial charge in [0.1, 0.15) is 11.5 Å². The first-order valence-corrected chi connectivity index (χ1v) is 13.7. The molecule has 0 unspecified atom stereocenters. The molecule has 39 heavy (non-hydrogen) atoms. The molecule has 0 saturated heterocycles. The van der Waals surface area contributed by atoms with Crippen LogP contribution in [-0.4, -0.2) is 26.7 Å². The highest BCUT2D eigenvalue weighted by Crippen LogP contribution is 2.36. The number of halogens is 1. The molecule has 3 N–H and O–H groups in total. The Bertz CT molecular complexity index is 1780. The number of aromatic nitrogens is 4. The summed E-state index contributed by atoms with van der Waals surface area (Å²) in [7, 11) is 0. The lowest BCUT2D eigenvalue weighted by Gasteiger charge is -2.11. The lowest BCUT2D eigenvalue weighted by atomic mass is 10.0. The van der Waals surface area contributed by atoms with Crippen LogP contribution in [0.15, 0.2) is 85.2 Å². The van der Waals surface area contributed by atoms with Gasteiger partial charge in [0.2, 0.25) is 0 Å². The SMILES string of the molecule is Fc1ccccc1-c1cccc2[nH]c(-c3n[nH]c4ccc(-c5cncc(CNCC6CCCC6)c5)cc34)cc12. The van der Waals surface area contributed by atoms with Gasteiger partial charge in [-0.1, -0.05) is 49.2 Å². The third kappa shape index (κ3) is 4.61. The summed E-state index contributed by atoms with van der Waals surface area (Å²) in [6, 6.07) is 23.5. The van der Waals surface area contributed by atoms with E-state index >= 15 is 0 Å². The van der Waals surface area contributed by atoms with Crippen LogP contribution < -0.4 is 5.32 Å². The number of rotatable bonds is 7. The monoisotopic (exact) mass is 515 g/mol. The number of hydrogen-bond acceptors (Lipinski definition) is 3. The van der Waals surface area contributed by atoms with E-state index in [1.165, 1.54) is 37.3 Å². The lowest BCUT2D eigenvalue weighted by molar-refractivity contribution is 0.489. The van der Waals surface area contributed by atoms with Crippen LogP contribution in [0, 0.1) is 11.7 Å². The Labute approximate surface area is 226 Å². The minimum Gasteiger partial charge on any atom is -0.353 e.